The molecule has 0 aromatic heterocycles. The summed E-state index contributed by atoms with van der Waals surface area (Å²) in [6.45, 7) is 5.69. The standard InChI is InChI=1S/C16H22FNO/c1-12-8-14(2-3-15(12)17)16(10-19-11-16)9-13-4-6-18-7-5-13/h2-3,8,13,18H,4-7,9-11H2,1H3. The molecule has 2 nitrogen and oxygen atoms in total. The third kappa shape index (κ3) is 2.54. The lowest BCUT2D eigenvalue weighted by Crippen LogP contribution is -2.49. The summed E-state index contributed by atoms with van der Waals surface area (Å²) < 4.78 is 18.9. The predicted octanol–water partition coefficient (Wildman–Crippen LogP) is 2.79. The highest BCUT2D eigenvalue weighted by Crippen LogP contribution is 2.40. The number of nitrogens with one attached hydrogen (secondary N) is 1. The number of halogens is 1. The maximum atomic E-state index is 13.4. The van der Waals surface area contributed by atoms with E-state index >= 15 is 0 Å². The largest absolute Gasteiger partial charge is 0.379 e. The van der Waals surface area contributed by atoms with Gasteiger partial charge in [-0.15, -0.1) is 0 Å². The Morgan fingerprint density at radius 1 is 1.32 bits per heavy atom. The van der Waals surface area contributed by atoms with Gasteiger partial charge in [0.15, 0.2) is 0 Å². The Balaban J connectivity index is 1.79. The molecule has 1 N–H and O–H groups in total. The first-order valence-corrected chi connectivity index (χ1v) is 7.25. The van der Waals surface area contributed by atoms with Crippen LogP contribution in [0.3, 0.4) is 0 Å². The van der Waals surface area contributed by atoms with E-state index < -0.39 is 0 Å². The fraction of sp³-hybridized carbons (Fsp3) is 0.625. The zero-order valence-corrected chi connectivity index (χ0v) is 11.5. The molecule has 0 spiro atoms. The van der Waals surface area contributed by atoms with Crippen molar-refractivity contribution in [3.8, 4) is 0 Å². The van der Waals surface area contributed by atoms with Crippen LogP contribution < -0.4 is 5.32 Å². The van der Waals surface area contributed by atoms with E-state index in [1.54, 1.807) is 6.07 Å². The first-order chi connectivity index (χ1) is 9.20. The fourth-order valence-electron chi connectivity index (χ4n) is 3.36. The van der Waals surface area contributed by atoms with E-state index in [1.807, 2.05) is 19.1 Å². The summed E-state index contributed by atoms with van der Waals surface area (Å²) in [7, 11) is 0. The quantitative estimate of drug-likeness (QED) is 0.905. The maximum Gasteiger partial charge on any atom is 0.126 e. The minimum absolute atomic E-state index is 0.110. The minimum atomic E-state index is -0.110. The van der Waals surface area contributed by atoms with E-state index in [-0.39, 0.29) is 11.2 Å². The van der Waals surface area contributed by atoms with Crippen LogP contribution in [0.5, 0.6) is 0 Å². The summed E-state index contributed by atoms with van der Waals surface area (Å²) in [5.41, 5.74) is 2.14. The summed E-state index contributed by atoms with van der Waals surface area (Å²) >= 11 is 0. The molecule has 0 saturated carbocycles. The average molecular weight is 263 g/mol. The lowest BCUT2D eigenvalue weighted by atomic mass is 9.70. The van der Waals surface area contributed by atoms with Crippen molar-refractivity contribution < 1.29 is 9.13 Å². The van der Waals surface area contributed by atoms with Crippen LogP contribution >= 0.6 is 0 Å². The van der Waals surface area contributed by atoms with Crippen molar-refractivity contribution in [1.82, 2.24) is 5.32 Å². The second-order valence-electron chi connectivity index (χ2n) is 6.13. The Kier molecular flexibility index (Phi) is 3.59. The average Bonchev–Trinajstić information content (AvgIpc) is 2.38. The minimum Gasteiger partial charge on any atom is -0.379 e. The molecule has 0 atom stereocenters. The van der Waals surface area contributed by atoms with Gasteiger partial charge in [0.05, 0.1) is 13.2 Å². The highest BCUT2D eigenvalue weighted by Gasteiger charge is 2.42. The van der Waals surface area contributed by atoms with Crippen molar-refractivity contribution in [2.24, 2.45) is 5.92 Å². The van der Waals surface area contributed by atoms with Gasteiger partial charge in [-0.1, -0.05) is 12.1 Å². The molecule has 1 aromatic carbocycles. The molecule has 2 saturated heterocycles. The van der Waals surface area contributed by atoms with E-state index in [1.165, 1.54) is 24.8 Å². The van der Waals surface area contributed by atoms with Crippen LogP contribution in [0.1, 0.15) is 30.4 Å². The molecule has 3 rings (SSSR count). The molecule has 2 heterocycles. The van der Waals surface area contributed by atoms with E-state index in [2.05, 4.69) is 5.32 Å². The molecule has 3 heteroatoms. The summed E-state index contributed by atoms with van der Waals surface area (Å²) in [4.78, 5) is 0. The second kappa shape index (κ2) is 5.22. The van der Waals surface area contributed by atoms with Crippen LogP contribution in [0.4, 0.5) is 4.39 Å². The number of benzene rings is 1. The Bertz CT molecular complexity index is 450. The zero-order chi connectivity index (χ0) is 13.3. The van der Waals surface area contributed by atoms with Crippen molar-refractivity contribution in [3.63, 3.8) is 0 Å². The lowest BCUT2D eigenvalue weighted by molar-refractivity contribution is -0.0731. The zero-order valence-electron chi connectivity index (χ0n) is 11.5. The van der Waals surface area contributed by atoms with Crippen LogP contribution in [0, 0.1) is 18.7 Å². The van der Waals surface area contributed by atoms with Crippen LogP contribution in [0.25, 0.3) is 0 Å². The number of hydrogen-bond acceptors (Lipinski definition) is 2. The van der Waals surface area contributed by atoms with Gasteiger partial charge in [0.1, 0.15) is 5.82 Å². The Hall–Kier alpha value is -0.930. The van der Waals surface area contributed by atoms with Gasteiger partial charge in [-0.3, -0.25) is 0 Å². The number of rotatable bonds is 3. The molecular weight excluding hydrogens is 241 g/mol. The van der Waals surface area contributed by atoms with Gasteiger partial charge in [0, 0.05) is 5.41 Å². The molecule has 0 aliphatic carbocycles. The highest BCUT2D eigenvalue weighted by molar-refractivity contribution is 5.32. The van der Waals surface area contributed by atoms with Gasteiger partial charge in [-0.05, 0) is 62.4 Å². The summed E-state index contributed by atoms with van der Waals surface area (Å²) in [6, 6.07) is 5.57. The normalized spacial score (nSPS) is 23.1. The Labute approximate surface area is 114 Å². The summed E-state index contributed by atoms with van der Waals surface area (Å²) in [6.07, 6.45) is 3.68. The molecule has 19 heavy (non-hydrogen) atoms. The summed E-state index contributed by atoms with van der Waals surface area (Å²) in [5, 5.41) is 3.41. The van der Waals surface area contributed by atoms with Crippen molar-refractivity contribution >= 4 is 0 Å². The van der Waals surface area contributed by atoms with Crippen molar-refractivity contribution in [2.45, 2.75) is 31.6 Å². The first-order valence-electron chi connectivity index (χ1n) is 7.25. The van der Waals surface area contributed by atoms with Crippen molar-refractivity contribution in [3.05, 3.63) is 35.1 Å². The smallest absolute Gasteiger partial charge is 0.126 e. The Morgan fingerprint density at radius 3 is 2.63 bits per heavy atom. The van der Waals surface area contributed by atoms with Gasteiger partial charge in [-0.25, -0.2) is 4.39 Å². The molecule has 0 radical (unpaired) electrons. The van der Waals surface area contributed by atoms with Crippen LogP contribution in [0.15, 0.2) is 18.2 Å². The number of hydrogen-bond donors (Lipinski definition) is 1. The van der Waals surface area contributed by atoms with Crippen molar-refractivity contribution in [2.75, 3.05) is 26.3 Å². The first kappa shape index (κ1) is 13.1. The van der Waals surface area contributed by atoms with Gasteiger partial charge in [0.2, 0.25) is 0 Å². The monoisotopic (exact) mass is 263 g/mol. The SMILES string of the molecule is Cc1cc(C2(CC3CCNCC3)COC2)ccc1F. The fourth-order valence-corrected chi connectivity index (χ4v) is 3.36. The third-order valence-electron chi connectivity index (χ3n) is 4.67. The van der Waals surface area contributed by atoms with Crippen molar-refractivity contribution in [1.29, 1.82) is 0 Å². The van der Waals surface area contributed by atoms with Gasteiger partial charge >= 0.3 is 0 Å². The molecule has 2 aliphatic heterocycles. The molecule has 104 valence electrons. The van der Waals surface area contributed by atoms with Gasteiger partial charge in [0.25, 0.3) is 0 Å². The summed E-state index contributed by atoms with van der Waals surface area (Å²) in [5.74, 6) is 0.663. The van der Waals surface area contributed by atoms with E-state index in [0.717, 1.165) is 37.8 Å². The topological polar surface area (TPSA) is 21.3 Å². The van der Waals surface area contributed by atoms with Crippen LogP contribution in [-0.4, -0.2) is 26.3 Å². The molecule has 0 amide bonds. The number of piperidine rings is 1. The van der Waals surface area contributed by atoms with Crippen LogP contribution in [0.2, 0.25) is 0 Å². The highest BCUT2D eigenvalue weighted by atomic mass is 19.1. The molecule has 2 fully saturated rings. The molecule has 0 bridgehead atoms. The Morgan fingerprint density at radius 2 is 2.05 bits per heavy atom. The van der Waals surface area contributed by atoms with E-state index in [0.29, 0.717) is 0 Å². The van der Waals surface area contributed by atoms with Gasteiger partial charge < -0.3 is 10.1 Å². The van der Waals surface area contributed by atoms with E-state index in [4.69, 9.17) is 4.74 Å². The molecule has 0 unspecified atom stereocenters. The third-order valence-corrected chi connectivity index (χ3v) is 4.67. The number of ether oxygens (including phenoxy) is 1. The lowest BCUT2D eigenvalue weighted by Gasteiger charge is -2.45. The van der Waals surface area contributed by atoms with Gasteiger partial charge in [-0.2, -0.15) is 0 Å². The van der Waals surface area contributed by atoms with Crippen LogP contribution in [-0.2, 0) is 10.2 Å². The molecular formula is C16H22FNO. The predicted molar refractivity (Wildman–Crippen MR) is 73.8 cm³/mol. The van der Waals surface area contributed by atoms with E-state index in [9.17, 15) is 4.39 Å². The second-order valence-corrected chi connectivity index (χ2v) is 6.13. The number of aryl methyl sites for hydroxylation is 1. The molecule has 1 aromatic rings. The molecule has 2 aliphatic rings. The maximum absolute atomic E-state index is 13.4.